The molecule has 6 nitrogen and oxygen atoms in total. The summed E-state index contributed by atoms with van der Waals surface area (Å²) in [6.07, 6.45) is 5.67. The van der Waals surface area contributed by atoms with E-state index in [1.165, 1.54) is 6.33 Å². The molecule has 6 heteroatoms. The minimum atomic E-state index is 0.0210. The zero-order chi connectivity index (χ0) is 16.5. The van der Waals surface area contributed by atoms with Crippen LogP contribution in [0.4, 0.5) is 5.82 Å². The highest BCUT2D eigenvalue weighted by Gasteiger charge is 2.33. The quantitative estimate of drug-likeness (QED) is 0.774. The van der Waals surface area contributed by atoms with Gasteiger partial charge in [-0.3, -0.25) is 10.2 Å². The Labute approximate surface area is 139 Å². The number of nitrogens with zero attached hydrogens (tertiary/aromatic N) is 3. The highest BCUT2D eigenvalue weighted by atomic mass is 16.2. The molecule has 1 amide bonds. The van der Waals surface area contributed by atoms with Gasteiger partial charge in [0, 0.05) is 12.6 Å². The van der Waals surface area contributed by atoms with E-state index in [1.54, 1.807) is 5.01 Å². The van der Waals surface area contributed by atoms with Crippen molar-refractivity contribution in [3.63, 3.8) is 0 Å². The van der Waals surface area contributed by atoms with Crippen molar-refractivity contribution in [1.29, 1.82) is 0 Å². The predicted octanol–water partition coefficient (Wildman–Crippen LogP) is 3.21. The van der Waals surface area contributed by atoms with Crippen LogP contribution < -0.4 is 5.43 Å². The molecule has 0 radical (unpaired) electrons. The van der Waals surface area contributed by atoms with Gasteiger partial charge in [0.05, 0.1) is 11.4 Å². The van der Waals surface area contributed by atoms with Crippen LogP contribution in [0.2, 0.25) is 0 Å². The summed E-state index contributed by atoms with van der Waals surface area (Å²) in [5.74, 6) is 0.762. The van der Waals surface area contributed by atoms with Gasteiger partial charge in [0.15, 0.2) is 5.82 Å². The number of benzene rings is 1. The van der Waals surface area contributed by atoms with E-state index in [0.29, 0.717) is 12.2 Å². The first kappa shape index (κ1) is 14.7. The molecule has 0 unspecified atom stereocenters. The molecule has 4 rings (SSSR count). The third-order valence-corrected chi connectivity index (χ3v) is 4.56. The molecule has 2 aromatic heterocycles. The topological polar surface area (TPSA) is 73.9 Å². The standard InChI is InChI=1S/C18H19N5O/c1-2-12-10-19-17-16(12)18(21-11-20-17)22-23-14(8-9-15(23)24)13-6-4-3-5-7-13/h3-7,10-11,14H,2,8-9H2,1H3,(H2,19,20,21,22)/t14-/m0/s1. The van der Waals surface area contributed by atoms with E-state index in [-0.39, 0.29) is 11.9 Å². The number of hydrogen-bond acceptors (Lipinski definition) is 4. The van der Waals surface area contributed by atoms with Gasteiger partial charge >= 0.3 is 0 Å². The highest BCUT2D eigenvalue weighted by molar-refractivity contribution is 5.91. The molecule has 0 spiro atoms. The van der Waals surface area contributed by atoms with Crippen molar-refractivity contribution in [2.75, 3.05) is 5.43 Å². The van der Waals surface area contributed by atoms with Crippen LogP contribution in [0.1, 0.15) is 36.9 Å². The van der Waals surface area contributed by atoms with Crippen molar-refractivity contribution in [1.82, 2.24) is 20.0 Å². The van der Waals surface area contributed by atoms with Gasteiger partial charge in [-0.25, -0.2) is 15.0 Å². The fraction of sp³-hybridized carbons (Fsp3) is 0.278. The maximum Gasteiger partial charge on any atom is 0.241 e. The van der Waals surface area contributed by atoms with Crippen molar-refractivity contribution in [3.8, 4) is 0 Å². The molecule has 24 heavy (non-hydrogen) atoms. The van der Waals surface area contributed by atoms with E-state index in [1.807, 2.05) is 24.4 Å². The molecular formula is C18H19N5O. The number of hydrogen-bond donors (Lipinski definition) is 2. The monoisotopic (exact) mass is 321 g/mol. The molecule has 3 aromatic rings. The SMILES string of the molecule is CCc1c[nH]c2ncnc(NN3C(=O)CC[C@H]3c3ccccc3)c12. The summed E-state index contributed by atoms with van der Waals surface area (Å²) in [6.45, 7) is 2.09. The Morgan fingerprint density at radius 1 is 1.29 bits per heavy atom. The molecule has 122 valence electrons. The van der Waals surface area contributed by atoms with Gasteiger partial charge < -0.3 is 4.98 Å². The average Bonchev–Trinajstić information content (AvgIpc) is 3.20. The van der Waals surface area contributed by atoms with Crippen LogP contribution >= 0.6 is 0 Å². The molecule has 1 fully saturated rings. The molecule has 1 aliphatic heterocycles. The van der Waals surface area contributed by atoms with Crippen LogP contribution in [0.3, 0.4) is 0 Å². The molecule has 1 aliphatic rings. The summed E-state index contributed by atoms with van der Waals surface area (Å²) in [4.78, 5) is 24.2. The number of anilines is 1. The normalized spacial score (nSPS) is 17.6. The molecule has 0 saturated carbocycles. The van der Waals surface area contributed by atoms with Crippen LogP contribution in [-0.4, -0.2) is 25.9 Å². The van der Waals surface area contributed by atoms with E-state index in [2.05, 4.69) is 39.4 Å². The van der Waals surface area contributed by atoms with Gasteiger partial charge in [-0.15, -0.1) is 0 Å². The summed E-state index contributed by atoms with van der Waals surface area (Å²) >= 11 is 0. The second kappa shape index (κ2) is 5.96. The van der Waals surface area contributed by atoms with Crippen molar-refractivity contribution in [3.05, 3.63) is 54.0 Å². The molecule has 3 heterocycles. The smallest absolute Gasteiger partial charge is 0.241 e. The van der Waals surface area contributed by atoms with Crippen molar-refractivity contribution in [2.45, 2.75) is 32.2 Å². The maximum absolute atomic E-state index is 12.4. The summed E-state index contributed by atoms with van der Waals surface area (Å²) in [6, 6.07) is 10.1. The minimum absolute atomic E-state index is 0.0210. The number of hydrazine groups is 1. The van der Waals surface area contributed by atoms with Crippen LogP contribution in [0, 0.1) is 0 Å². The number of aromatic nitrogens is 3. The van der Waals surface area contributed by atoms with Crippen LogP contribution in [-0.2, 0) is 11.2 Å². The number of aromatic amines is 1. The molecule has 1 aromatic carbocycles. The van der Waals surface area contributed by atoms with Crippen molar-refractivity contribution >= 4 is 22.8 Å². The molecular weight excluding hydrogens is 302 g/mol. The van der Waals surface area contributed by atoms with Crippen molar-refractivity contribution < 1.29 is 4.79 Å². The molecule has 1 atom stereocenters. The lowest BCUT2D eigenvalue weighted by Gasteiger charge is -2.26. The number of fused-ring (bicyclic) bond motifs is 1. The Bertz CT molecular complexity index is 874. The molecule has 1 saturated heterocycles. The molecule has 2 N–H and O–H groups in total. The Hall–Kier alpha value is -2.89. The second-order valence-corrected chi connectivity index (χ2v) is 5.95. The largest absolute Gasteiger partial charge is 0.346 e. The van der Waals surface area contributed by atoms with Crippen LogP contribution in [0.25, 0.3) is 11.0 Å². The number of nitrogens with one attached hydrogen (secondary N) is 2. The summed E-state index contributed by atoms with van der Waals surface area (Å²) < 4.78 is 0. The predicted molar refractivity (Wildman–Crippen MR) is 92.2 cm³/mol. The second-order valence-electron chi connectivity index (χ2n) is 5.95. The number of H-pyrrole nitrogens is 1. The highest BCUT2D eigenvalue weighted by Crippen LogP contribution is 2.34. The van der Waals surface area contributed by atoms with Gasteiger partial charge in [-0.2, -0.15) is 0 Å². The summed E-state index contributed by atoms with van der Waals surface area (Å²) in [5.41, 5.74) is 6.31. The third kappa shape index (κ3) is 2.40. The van der Waals surface area contributed by atoms with E-state index in [4.69, 9.17) is 0 Å². The lowest BCUT2D eigenvalue weighted by molar-refractivity contribution is -0.127. The molecule has 0 aliphatic carbocycles. The first-order valence-corrected chi connectivity index (χ1v) is 8.22. The first-order valence-electron chi connectivity index (χ1n) is 8.22. The average molecular weight is 321 g/mol. The van der Waals surface area contributed by atoms with E-state index >= 15 is 0 Å². The zero-order valence-corrected chi connectivity index (χ0v) is 13.5. The van der Waals surface area contributed by atoms with Crippen LogP contribution in [0.5, 0.6) is 0 Å². The first-order chi connectivity index (χ1) is 11.8. The van der Waals surface area contributed by atoms with Crippen molar-refractivity contribution in [2.24, 2.45) is 0 Å². The zero-order valence-electron chi connectivity index (χ0n) is 13.5. The fourth-order valence-electron chi connectivity index (χ4n) is 3.32. The number of carbonyl (C=O) groups excluding carboxylic acids is 1. The third-order valence-electron chi connectivity index (χ3n) is 4.56. The van der Waals surface area contributed by atoms with Gasteiger partial charge in [0.2, 0.25) is 5.91 Å². The van der Waals surface area contributed by atoms with Gasteiger partial charge in [0.25, 0.3) is 0 Å². The number of amides is 1. The van der Waals surface area contributed by atoms with Gasteiger partial charge in [0.1, 0.15) is 12.0 Å². The molecule has 0 bridgehead atoms. The summed E-state index contributed by atoms with van der Waals surface area (Å²) in [7, 11) is 0. The fourth-order valence-corrected chi connectivity index (χ4v) is 3.32. The Balaban J connectivity index is 1.71. The number of aryl methyl sites for hydroxylation is 1. The van der Waals surface area contributed by atoms with Crippen LogP contribution in [0.15, 0.2) is 42.9 Å². The van der Waals surface area contributed by atoms with Gasteiger partial charge in [-0.05, 0) is 24.0 Å². The lowest BCUT2D eigenvalue weighted by Crippen LogP contribution is -2.33. The van der Waals surface area contributed by atoms with E-state index < -0.39 is 0 Å². The Kier molecular flexibility index (Phi) is 3.65. The lowest BCUT2D eigenvalue weighted by atomic mass is 10.1. The Morgan fingerprint density at radius 3 is 2.92 bits per heavy atom. The maximum atomic E-state index is 12.4. The minimum Gasteiger partial charge on any atom is -0.346 e. The number of carbonyl (C=O) groups is 1. The number of rotatable bonds is 4. The van der Waals surface area contributed by atoms with E-state index in [9.17, 15) is 4.79 Å². The summed E-state index contributed by atoms with van der Waals surface area (Å²) in [5, 5.41) is 2.66. The van der Waals surface area contributed by atoms with Gasteiger partial charge in [-0.1, -0.05) is 37.3 Å². The van der Waals surface area contributed by atoms with E-state index in [0.717, 1.165) is 35.0 Å². The Morgan fingerprint density at radius 2 is 2.12 bits per heavy atom.